The van der Waals surface area contributed by atoms with Crippen molar-refractivity contribution in [3.05, 3.63) is 71.9 Å². The molecule has 28 heavy (non-hydrogen) atoms. The van der Waals surface area contributed by atoms with Gasteiger partial charge in [0.05, 0.1) is 11.2 Å². The summed E-state index contributed by atoms with van der Waals surface area (Å²) in [6.45, 7) is 2.70. The Balaban J connectivity index is 1.46. The molecule has 0 radical (unpaired) electrons. The van der Waals surface area contributed by atoms with E-state index in [1.807, 2.05) is 61.5 Å². The van der Waals surface area contributed by atoms with Gasteiger partial charge in [-0.25, -0.2) is 0 Å². The van der Waals surface area contributed by atoms with Crippen molar-refractivity contribution in [2.45, 2.75) is 19.8 Å². The molecule has 0 bridgehead atoms. The Hall–Kier alpha value is -3.47. The number of rotatable bonds is 4. The van der Waals surface area contributed by atoms with Crippen LogP contribution in [0, 0.1) is 6.92 Å². The van der Waals surface area contributed by atoms with Crippen LogP contribution in [0.2, 0.25) is 0 Å². The predicted molar refractivity (Wildman–Crippen MR) is 112 cm³/mol. The Labute approximate surface area is 163 Å². The summed E-state index contributed by atoms with van der Waals surface area (Å²) in [6, 6.07) is 17.3. The monoisotopic (exact) mass is 371 g/mol. The van der Waals surface area contributed by atoms with Gasteiger partial charge in [-0.1, -0.05) is 30.3 Å². The van der Waals surface area contributed by atoms with Crippen LogP contribution in [0.25, 0.3) is 17.0 Å². The van der Waals surface area contributed by atoms with Gasteiger partial charge >= 0.3 is 0 Å². The minimum Gasteiger partial charge on any atom is -0.321 e. The molecule has 1 saturated heterocycles. The van der Waals surface area contributed by atoms with Crippen LogP contribution in [-0.4, -0.2) is 23.3 Å². The number of hydrogen-bond donors (Lipinski definition) is 1. The van der Waals surface area contributed by atoms with Crippen LogP contribution in [0.3, 0.4) is 0 Å². The Morgan fingerprint density at radius 3 is 2.68 bits per heavy atom. The van der Waals surface area contributed by atoms with Crippen LogP contribution in [-0.2, 0) is 9.59 Å². The van der Waals surface area contributed by atoms with Crippen molar-refractivity contribution in [1.82, 2.24) is 4.98 Å². The van der Waals surface area contributed by atoms with E-state index < -0.39 is 0 Å². The van der Waals surface area contributed by atoms with Crippen molar-refractivity contribution in [2.24, 2.45) is 0 Å². The molecule has 5 nitrogen and oxygen atoms in total. The maximum absolute atomic E-state index is 12.4. The zero-order chi connectivity index (χ0) is 19.5. The van der Waals surface area contributed by atoms with Gasteiger partial charge in [-0.05, 0) is 49.2 Å². The van der Waals surface area contributed by atoms with Crippen molar-refractivity contribution in [3.63, 3.8) is 0 Å². The second-order valence-electron chi connectivity index (χ2n) is 6.89. The van der Waals surface area contributed by atoms with Crippen LogP contribution >= 0.6 is 0 Å². The summed E-state index contributed by atoms with van der Waals surface area (Å²) in [6.07, 6.45) is 4.78. The Morgan fingerprint density at radius 2 is 1.93 bits per heavy atom. The number of aromatic nitrogens is 1. The Morgan fingerprint density at radius 1 is 1.11 bits per heavy atom. The average molecular weight is 371 g/mol. The number of amides is 2. The molecule has 3 aromatic rings. The highest BCUT2D eigenvalue weighted by molar-refractivity contribution is 6.06. The molecule has 1 aromatic heterocycles. The average Bonchev–Trinajstić information content (AvgIpc) is 3.13. The minimum atomic E-state index is -0.213. The summed E-state index contributed by atoms with van der Waals surface area (Å²) in [7, 11) is 0. The molecule has 2 aromatic carbocycles. The molecule has 1 aliphatic rings. The van der Waals surface area contributed by atoms with Gasteiger partial charge in [0.25, 0.3) is 0 Å². The fourth-order valence-electron chi connectivity index (χ4n) is 3.38. The summed E-state index contributed by atoms with van der Waals surface area (Å²) in [5.74, 6) is -0.0452. The number of aryl methyl sites for hydroxylation is 1. The van der Waals surface area contributed by atoms with Crippen molar-refractivity contribution < 1.29 is 9.59 Å². The first kappa shape index (κ1) is 17.9. The van der Waals surface area contributed by atoms with E-state index in [4.69, 9.17) is 0 Å². The third-order valence-electron chi connectivity index (χ3n) is 4.82. The normalized spacial score (nSPS) is 14.2. The topological polar surface area (TPSA) is 62.3 Å². The minimum absolute atomic E-state index is 0.168. The van der Waals surface area contributed by atoms with Crippen LogP contribution < -0.4 is 10.2 Å². The number of anilines is 2. The van der Waals surface area contributed by atoms with Gasteiger partial charge in [-0.15, -0.1) is 0 Å². The fraction of sp³-hybridized carbons (Fsp3) is 0.174. The van der Waals surface area contributed by atoms with Gasteiger partial charge < -0.3 is 10.2 Å². The summed E-state index contributed by atoms with van der Waals surface area (Å²) >= 11 is 0. The molecule has 2 heterocycles. The number of hydrogen-bond acceptors (Lipinski definition) is 3. The number of carbonyl (C=O) groups is 2. The van der Waals surface area contributed by atoms with Crippen LogP contribution in [0.15, 0.2) is 60.7 Å². The van der Waals surface area contributed by atoms with E-state index in [0.29, 0.717) is 12.1 Å². The van der Waals surface area contributed by atoms with Gasteiger partial charge in [0.2, 0.25) is 11.8 Å². The van der Waals surface area contributed by atoms with E-state index in [1.54, 1.807) is 11.0 Å². The number of nitrogens with one attached hydrogen (secondary N) is 1. The molecule has 0 atom stereocenters. The van der Waals surface area contributed by atoms with E-state index >= 15 is 0 Å². The third kappa shape index (κ3) is 3.78. The van der Waals surface area contributed by atoms with Crippen molar-refractivity contribution in [3.8, 4) is 0 Å². The quantitative estimate of drug-likeness (QED) is 0.695. The lowest BCUT2D eigenvalue weighted by atomic mass is 10.1. The number of carbonyl (C=O) groups excluding carboxylic acids is 2. The van der Waals surface area contributed by atoms with E-state index in [-0.39, 0.29) is 11.8 Å². The van der Waals surface area contributed by atoms with Crippen LogP contribution in [0.4, 0.5) is 11.4 Å². The van der Waals surface area contributed by atoms with E-state index in [0.717, 1.165) is 40.8 Å². The van der Waals surface area contributed by atoms with Crippen molar-refractivity contribution >= 4 is 40.2 Å². The molecule has 140 valence electrons. The van der Waals surface area contributed by atoms with Crippen molar-refractivity contribution in [2.75, 3.05) is 16.8 Å². The van der Waals surface area contributed by atoms with E-state index in [2.05, 4.69) is 10.3 Å². The van der Waals surface area contributed by atoms with Gasteiger partial charge in [-0.3, -0.25) is 14.6 Å². The first-order valence-electron chi connectivity index (χ1n) is 9.36. The van der Waals surface area contributed by atoms with Gasteiger partial charge in [0.15, 0.2) is 0 Å². The summed E-state index contributed by atoms with van der Waals surface area (Å²) < 4.78 is 0. The summed E-state index contributed by atoms with van der Waals surface area (Å²) in [5, 5.41) is 3.89. The number of benzene rings is 2. The largest absolute Gasteiger partial charge is 0.321 e. The number of nitrogens with zero attached hydrogens (tertiary/aromatic N) is 2. The third-order valence-corrected chi connectivity index (χ3v) is 4.82. The lowest BCUT2D eigenvalue weighted by Gasteiger charge is -2.15. The summed E-state index contributed by atoms with van der Waals surface area (Å²) in [5.41, 5.74) is 4.18. The zero-order valence-corrected chi connectivity index (χ0v) is 15.7. The second-order valence-corrected chi connectivity index (χ2v) is 6.89. The molecule has 1 fully saturated rings. The Kier molecular flexibility index (Phi) is 4.89. The Bertz CT molecular complexity index is 1070. The number of pyridine rings is 1. The van der Waals surface area contributed by atoms with Gasteiger partial charge in [0.1, 0.15) is 0 Å². The molecule has 0 spiro atoms. The SMILES string of the molecule is Cc1ccc2cccc(NC(=O)C=Cc3ccc(N4CCCC4=O)cc3)c2n1. The molecule has 2 amide bonds. The lowest BCUT2D eigenvalue weighted by molar-refractivity contribution is -0.117. The number of fused-ring (bicyclic) bond motifs is 1. The summed E-state index contributed by atoms with van der Waals surface area (Å²) in [4.78, 5) is 30.5. The van der Waals surface area contributed by atoms with E-state index in [1.165, 1.54) is 6.08 Å². The maximum atomic E-state index is 12.4. The molecule has 1 aliphatic heterocycles. The standard InChI is InChI=1S/C23H21N3O2/c1-16-7-11-18-4-2-5-20(23(18)24-16)25-21(27)14-10-17-8-12-19(13-9-17)26-15-3-6-22(26)28/h2,4-5,7-14H,3,6,15H2,1H3,(H,25,27). The molecule has 0 aliphatic carbocycles. The van der Waals surface area contributed by atoms with E-state index in [9.17, 15) is 9.59 Å². The molecule has 5 heteroatoms. The van der Waals surface area contributed by atoms with Gasteiger partial charge in [-0.2, -0.15) is 0 Å². The smallest absolute Gasteiger partial charge is 0.248 e. The molecule has 1 N–H and O–H groups in total. The highest BCUT2D eigenvalue weighted by Crippen LogP contribution is 2.23. The first-order valence-corrected chi connectivity index (χ1v) is 9.36. The molecule has 0 saturated carbocycles. The first-order chi connectivity index (χ1) is 13.6. The second kappa shape index (κ2) is 7.64. The molecule has 4 rings (SSSR count). The maximum Gasteiger partial charge on any atom is 0.248 e. The van der Waals surface area contributed by atoms with Crippen LogP contribution in [0.1, 0.15) is 24.1 Å². The predicted octanol–water partition coefficient (Wildman–Crippen LogP) is 4.32. The lowest BCUT2D eigenvalue weighted by Crippen LogP contribution is -2.23. The zero-order valence-electron chi connectivity index (χ0n) is 15.7. The van der Waals surface area contributed by atoms with Crippen LogP contribution in [0.5, 0.6) is 0 Å². The fourth-order valence-corrected chi connectivity index (χ4v) is 3.38. The van der Waals surface area contributed by atoms with Gasteiger partial charge in [0, 0.05) is 35.8 Å². The van der Waals surface area contributed by atoms with Crippen molar-refractivity contribution in [1.29, 1.82) is 0 Å². The molecular weight excluding hydrogens is 350 g/mol. The highest BCUT2D eigenvalue weighted by Gasteiger charge is 2.21. The highest BCUT2D eigenvalue weighted by atomic mass is 16.2. The molecule has 0 unspecified atom stereocenters. The molecular formula is C23H21N3O2. The number of para-hydroxylation sites is 1.